The average molecular weight is 412 g/mol. The number of rotatable bonds is 6. The molecule has 1 aromatic heterocycles. The minimum Gasteiger partial charge on any atom is -0.458 e. The van der Waals surface area contributed by atoms with Crippen LogP contribution in [0, 0.1) is 40.5 Å². The molecule has 0 aliphatic heterocycles. The van der Waals surface area contributed by atoms with Crippen molar-refractivity contribution in [2.24, 2.45) is 16.6 Å². The van der Waals surface area contributed by atoms with Gasteiger partial charge in [0.1, 0.15) is 0 Å². The number of nitrogens with zero attached hydrogens (tertiary/aromatic N) is 9. The Bertz CT molecular complexity index is 960. The molecular weight excluding hydrogens is 404 g/mol. The van der Waals surface area contributed by atoms with E-state index in [-0.39, 0.29) is 0 Å². The number of guanidine groups is 1. The lowest BCUT2D eigenvalue weighted by atomic mass is 10.1. The summed E-state index contributed by atoms with van der Waals surface area (Å²) in [5, 5.41) is 59.1. The number of non-ortho nitro benzene ring substituents is 1. The maximum Gasteiger partial charge on any atom is 0.296 e. The highest BCUT2D eigenvalue weighted by atomic mass is 16.6. The second-order valence-corrected chi connectivity index (χ2v) is 4.42. The molecule has 0 bridgehead atoms. The number of nitro benzene ring substituents is 3. The molecule has 0 saturated carbocycles. The van der Waals surface area contributed by atoms with Crippen LogP contribution in [0.1, 0.15) is 5.56 Å². The lowest BCUT2D eigenvalue weighted by molar-refractivity contribution is -0.457. The molecule has 0 atom stereocenters. The topological polar surface area (TPSA) is 304 Å². The van der Waals surface area contributed by atoms with Gasteiger partial charge in [-0.1, -0.05) is 10.2 Å². The quantitative estimate of drug-likeness (QED) is 0.182. The van der Waals surface area contributed by atoms with E-state index < -0.39 is 54.2 Å². The molecule has 5 N–H and O–H groups in total. The summed E-state index contributed by atoms with van der Waals surface area (Å²) in [6.07, 6.45) is 0.791. The molecule has 0 radical (unpaired) electrons. The predicted octanol–water partition coefficient (Wildman–Crippen LogP) is -3.16. The maximum absolute atomic E-state index is 10.9. The summed E-state index contributed by atoms with van der Waals surface area (Å²) in [4.78, 5) is 38.4. The summed E-state index contributed by atoms with van der Waals surface area (Å²) in [6.45, 7) is 0. The number of nitrogens with two attached hydrogens (primary N) is 2. The second-order valence-electron chi connectivity index (χ2n) is 4.42. The van der Waals surface area contributed by atoms with Gasteiger partial charge >= 0.3 is 0 Å². The lowest BCUT2D eigenvalue weighted by Gasteiger charge is -1.98. The number of nitrogens with one attached hydrogen (secondary N) is 1. The Balaban J connectivity index is 0.000000436. The predicted molar refractivity (Wildman–Crippen MR) is 88.1 cm³/mol. The van der Waals surface area contributed by atoms with Gasteiger partial charge in [0.2, 0.25) is 6.21 Å². The van der Waals surface area contributed by atoms with Crippen LogP contribution in [0.25, 0.3) is 0 Å². The number of hydrazone groups is 1. The highest BCUT2D eigenvalue weighted by molar-refractivity contribution is 5.89. The fourth-order valence-corrected chi connectivity index (χ4v) is 1.55. The van der Waals surface area contributed by atoms with E-state index in [4.69, 9.17) is 11.5 Å². The van der Waals surface area contributed by atoms with E-state index in [1.54, 1.807) is 0 Å². The number of tetrazole rings is 1. The summed E-state index contributed by atoms with van der Waals surface area (Å²) in [6, 6.07) is 1.19. The third-order valence-corrected chi connectivity index (χ3v) is 2.60. The van der Waals surface area contributed by atoms with Gasteiger partial charge in [0.25, 0.3) is 29.0 Å². The zero-order valence-corrected chi connectivity index (χ0v) is 13.7. The Morgan fingerprint density at radius 1 is 1.00 bits per heavy atom. The Labute approximate surface area is 156 Å². The van der Waals surface area contributed by atoms with Crippen LogP contribution in [0.4, 0.5) is 23.0 Å². The summed E-state index contributed by atoms with van der Waals surface area (Å²) in [5.74, 6) is -0.983. The average Bonchev–Trinajstić information content (AvgIpc) is 3.16. The Hall–Kier alpha value is -5.17. The third kappa shape index (κ3) is 6.24. The van der Waals surface area contributed by atoms with Crippen molar-refractivity contribution < 1.29 is 24.8 Å². The fraction of sp³-hybridized carbons (Fsp3) is 0. The van der Waals surface area contributed by atoms with Crippen LogP contribution in [0.15, 0.2) is 17.2 Å². The molecule has 1 aromatic carbocycles. The first-order valence-electron chi connectivity index (χ1n) is 6.66. The Morgan fingerprint density at radius 3 is 1.86 bits per heavy atom. The first-order chi connectivity index (χ1) is 13.5. The Morgan fingerprint density at radius 2 is 1.55 bits per heavy atom. The molecule has 20 heteroatoms. The van der Waals surface area contributed by atoms with Gasteiger partial charge in [0, 0.05) is 5.10 Å². The second kappa shape index (κ2) is 9.51. The van der Waals surface area contributed by atoms with Gasteiger partial charge in [-0.05, 0) is 10.4 Å². The maximum atomic E-state index is 10.9. The summed E-state index contributed by atoms with van der Waals surface area (Å²) in [5.41, 5.74) is 7.03. The number of benzene rings is 1. The standard InChI is InChI=1S/C8H7N7O6.CN5O2/c9-8(10)12-11-3-5-6(14(18)19)1-4(13(16)17)2-7(5)15(20)21;7-6(8)1-2-4-5-3-1/h1-3H,(H4,9,10,12);/q;-1/p+1/b11-3+;. The van der Waals surface area contributed by atoms with Crippen LogP contribution in [-0.2, 0) is 0 Å². The molecule has 0 aliphatic rings. The highest BCUT2D eigenvalue weighted by Gasteiger charge is 2.31. The van der Waals surface area contributed by atoms with E-state index in [0.29, 0.717) is 12.1 Å². The molecule has 0 amide bonds. The highest BCUT2D eigenvalue weighted by Crippen LogP contribution is 2.31. The summed E-state index contributed by atoms with van der Waals surface area (Å²) >= 11 is 0. The minimum atomic E-state index is -0.997. The van der Waals surface area contributed by atoms with Crippen molar-refractivity contribution in [2.45, 2.75) is 0 Å². The number of hydrogen-bond donors (Lipinski definition) is 3. The largest absolute Gasteiger partial charge is 0.458 e. The van der Waals surface area contributed by atoms with Crippen molar-refractivity contribution in [3.63, 3.8) is 0 Å². The van der Waals surface area contributed by atoms with E-state index in [9.17, 15) is 40.5 Å². The van der Waals surface area contributed by atoms with Crippen LogP contribution in [0.2, 0.25) is 0 Å². The number of aromatic nitrogens is 4. The van der Waals surface area contributed by atoms with Crippen molar-refractivity contribution in [2.75, 3.05) is 0 Å². The first kappa shape index (κ1) is 21.9. The SMILES string of the molecule is NC(N)=N/[NH+]=C/c1c([N+](=O)[O-])cc([N+](=O)[O-])cc1[N+](=O)[O-].O=[N+]([O-])c1nnn[n-]1. The van der Waals surface area contributed by atoms with E-state index in [1.165, 1.54) is 0 Å². The van der Waals surface area contributed by atoms with Crippen molar-refractivity contribution in [3.8, 4) is 0 Å². The van der Waals surface area contributed by atoms with Gasteiger partial charge in [0.05, 0.1) is 26.9 Å². The number of nitro groups is 4. The molecule has 20 nitrogen and oxygen atoms in total. The minimum absolute atomic E-state index is 0.418. The van der Waals surface area contributed by atoms with Crippen molar-refractivity contribution in [1.82, 2.24) is 20.6 Å². The van der Waals surface area contributed by atoms with Crippen LogP contribution >= 0.6 is 0 Å². The molecule has 0 aliphatic carbocycles. The van der Waals surface area contributed by atoms with Gasteiger partial charge < -0.3 is 21.6 Å². The van der Waals surface area contributed by atoms with Crippen LogP contribution < -0.4 is 21.7 Å². The zero-order chi connectivity index (χ0) is 22.1. The molecule has 0 unspecified atom stereocenters. The molecular formula is C9H8N12O8. The monoisotopic (exact) mass is 412 g/mol. The number of hydrogen-bond acceptors (Lipinski definition) is 12. The zero-order valence-electron chi connectivity index (χ0n) is 13.7. The van der Waals surface area contributed by atoms with Gasteiger partial charge in [-0.2, -0.15) is 4.92 Å². The first-order valence-corrected chi connectivity index (χ1v) is 6.66. The summed E-state index contributed by atoms with van der Waals surface area (Å²) in [7, 11) is 0. The van der Waals surface area contributed by atoms with Crippen molar-refractivity contribution in [1.29, 1.82) is 0 Å². The van der Waals surface area contributed by atoms with Crippen molar-refractivity contribution in [3.05, 3.63) is 58.2 Å². The van der Waals surface area contributed by atoms with Gasteiger partial charge in [0.15, 0.2) is 5.56 Å². The van der Waals surface area contributed by atoms with Crippen LogP contribution in [-0.4, -0.2) is 47.4 Å². The third-order valence-electron chi connectivity index (χ3n) is 2.60. The molecule has 0 fully saturated rings. The summed E-state index contributed by atoms with van der Waals surface area (Å²) < 4.78 is 0. The lowest BCUT2D eigenvalue weighted by Crippen LogP contribution is -2.63. The molecule has 2 aromatic rings. The van der Waals surface area contributed by atoms with E-state index in [0.717, 1.165) is 6.21 Å². The molecule has 1 heterocycles. The van der Waals surface area contributed by atoms with Gasteiger partial charge in [-0.15, -0.1) is 5.10 Å². The van der Waals surface area contributed by atoms with E-state index >= 15 is 0 Å². The fourth-order valence-electron chi connectivity index (χ4n) is 1.55. The Kier molecular flexibility index (Phi) is 7.17. The van der Waals surface area contributed by atoms with Crippen molar-refractivity contribution >= 4 is 35.2 Å². The van der Waals surface area contributed by atoms with Gasteiger partial charge in [-0.3, -0.25) is 30.3 Å². The van der Waals surface area contributed by atoms with E-state index in [2.05, 4.69) is 30.8 Å². The molecule has 0 saturated heterocycles. The smallest absolute Gasteiger partial charge is 0.296 e. The molecule has 152 valence electrons. The molecule has 0 spiro atoms. The molecule has 29 heavy (non-hydrogen) atoms. The van der Waals surface area contributed by atoms with E-state index in [1.807, 2.05) is 0 Å². The normalized spacial score (nSPS) is 9.93. The van der Waals surface area contributed by atoms with Crippen LogP contribution in [0.5, 0.6) is 0 Å². The van der Waals surface area contributed by atoms with Gasteiger partial charge in [-0.25, -0.2) is 0 Å². The molecule has 2 rings (SSSR count). The van der Waals surface area contributed by atoms with Crippen LogP contribution in [0.3, 0.4) is 0 Å².